The predicted octanol–water partition coefficient (Wildman–Crippen LogP) is 0.931. The first-order chi connectivity index (χ1) is 9.88. The zero-order valence-corrected chi connectivity index (χ0v) is 14.3. The van der Waals surface area contributed by atoms with Crippen molar-refractivity contribution in [2.45, 2.75) is 18.5 Å². The average molecular weight is 333 g/mol. The summed E-state index contributed by atoms with van der Waals surface area (Å²) in [5, 5.41) is 13.6. The summed E-state index contributed by atoms with van der Waals surface area (Å²) < 4.78 is 0. The molecule has 120 valence electrons. The van der Waals surface area contributed by atoms with Crippen molar-refractivity contribution in [2.24, 2.45) is 5.73 Å². The quantitative estimate of drug-likeness (QED) is 0.295. The Morgan fingerprint density at radius 2 is 2.24 bits per heavy atom. The second kappa shape index (κ2) is 9.31. The molecule has 7 nitrogen and oxygen atoms in total. The molecule has 0 radical (unpaired) electrons. The Bertz CT molecular complexity index is 441. The maximum absolute atomic E-state index is 10.4. The summed E-state index contributed by atoms with van der Waals surface area (Å²) in [5.74, 6) is 1.74. The van der Waals surface area contributed by atoms with Gasteiger partial charge in [-0.15, -0.1) is 11.3 Å². The maximum Gasteiger partial charge on any atom is 0.231 e. The molecule has 0 amide bonds. The molecule has 2 N–H and O–H groups in total. The number of aromatic nitrogens is 1. The molecule has 1 heterocycles. The Morgan fingerprint density at radius 1 is 1.52 bits per heavy atom. The lowest BCUT2D eigenvalue weighted by atomic mass is 10.4. The molecule has 1 aromatic heterocycles. The molecule has 0 aliphatic carbocycles. The number of thioether (sulfide) groups is 1. The molecule has 0 saturated heterocycles. The number of hydrogen-bond acceptors (Lipinski definition) is 8. The van der Waals surface area contributed by atoms with Gasteiger partial charge >= 0.3 is 0 Å². The molecule has 0 bridgehead atoms. The van der Waals surface area contributed by atoms with Crippen molar-refractivity contribution in [3.8, 4) is 0 Å². The zero-order chi connectivity index (χ0) is 15.8. The lowest BCUT2D eigenvalue weighted by Gasteiger charge is -2.20. The normalized spacial score (nSPS) is 13.0. The van der Waals surface area contributed by atoms with E-state index >= 15 is 0 Å². The number of thiazole rings is 1. The van der Waals surface area contributed by atoms with Crippen LogP contribution in [0.3, 0.4) is 0 Å². The number of nitro groups is 1. The summed E-state index contributed by atoms with van der Waals surface area (Å²) in [6, 6.07) is 0. The van der Waals surface area contributed by atoms with Crippen LogP contribution in [-0.4, -0.2) is 65.9 Å². The van der Waals surface area contributed by atoms with Gasteiger partial charge in [-0.05, 0) is 21.1 Å². The highest BCUT2D eigenvalue weighted by molar-refractivity contribution is 7.98. The van der Waals surface area contributed by atoms with E-state index < -0.39 is 6.17 Å². The van der Waals surface area contributed by atoms with E-state index in [9.17, 15) is 10.1 Å². The lowest BCUT2D eigenvalue weighted by molar-refractivity contribution is -0.486. The van der Waals surface area contributed by atoms with E-state index in [4.69, 9.17) is 5.73 Å². The van der Waals surface area contributed by atoms with E-state index in [0.29, 0.717) is 0 Å². The van der Waals surface area contributed by atoms with E-state index in [1.54, 1.807) is 23.1 Å². The van der Waals surface area contributed by atoms with E-state index in [0.717, 1.165) is 35.3 Å². The van der Waals surface area contributed by atoms with E-state index in [1.165, 1.54) is 0 Å². The number of nitrogens with two attached hydrogens (primary N) is 1. The maximum atomic E-state index is 10.4. The van der Waals surface area contributed by atoms with Gasteiger partial charge in [0.15, 0.2) is 0 Å². The predicted molar refractivity (Wildman–Crippen MR) is 88.1 cm³/mol. The van der Waals surface area contributed by atoms with Crippen molar-refractivity contribution in [3.05, 3.63) is 26.2 Å². The lowest BCUT2D eigenvalue weighted by Crippen LogP contribution is -2.45. The Morgan fingerprint density at radius 3 is 2.86 bits per heavy atom. The Hall–Kier alpha value is -0.740. The molecule has 0 aliphatic rings. The molecule has 0 aliphatic heterocycles. The highest BCUT2D eigenvalue weighted by Gasteiger charge is 2.14. The molecule has 0 saturated carbocycles. The smallest absolute Gasteiger partial charge is 0.231 e. The third-order valence-electron chi connectivity index (χ3n) is 2.79. The molecule has 1 unspecified atom stereocenters. The molecular weight excluding hydrogens is 310 g/mol. The Kier molecular flexibility index (Phi) is 8.12. The second-order valence-corrected chi connectivity index (χ2v) is 7.13. The topological polar surface area (TPSA) is 88.5 Å². The minimum atomic E-state index is -0.522. The molecule has 1 atom stereocenters. The molecule has 1 rings (SSSR count). The van der Waals surface area contributed by atoms with Gasteiger partial charge in [0.1, 0.15) is 11.2 Å². The summed E-state index contributed by atoms with van der Waals surface area (Å²) >= 11 is 3.45. The number of hydrogen-bond donors (Lipinski definition) is 1. The Balaban J connectivity index is 2.21. The van der Waals surface area contributed by atoms with Gasteiger partial charge in [0.25, 0.3) is 0 Å². The summed E-state index contributed by atoms with van der Waals surface area (Å²) in [7, 11) is 5.87. The molecule has 1 aromatic rings. The molecular formula is C12H23N5O2S2. The average Bonchev–Trinajstić information content (AvgIpc) is 2.80. The molecule has 0 spiro atoms. The van der Waals surface area contributed by atoms with Gasteiger partial charge in [-0.1, -0.05) is 0 Å². The fourth-order valence-corrected chi connectivity index (χ4v) is 3.54. The molecule has 0 fully saturated rings. The molecule has 0 aromatic carbocycles. The van der Waals surface area contributed by atoms with Crippen LogP contribution in [0.1, 0.15) is 10.7 Å². The first-order valence-electron chi connectivity index (χ1n) is 6.62. The van der Waals surface area contributed by atoms with E-state index in [1.807, 2.05) is 26.0 Å². The van der Waals surface area contributed by atoms with Crippen LogP contribution in [0.2, 0.25) is 0 Å². The van der Waals surface area contributed by atoms with Gasteiger partial charge in [-0.2, -0.15) is 11.8 Å². The minimum absolute atomic E-state index is 0.221. The van der Waals surface area contributed by atoms with Crippen LogP contribution in [0.25, 0.3) is 0 Å². The van der Waals surface area contributed by atoms with Gasteiger partial charge in [0.05, 0.1) is 5.69 Å². The standard InChI is InChI=1S/C12H23N5O2S2/c1-15(2)7-12-14-10(9-21-12)8-20-5-4-16(3)11(13)6-17(18)19/h9,11H,4-8,13H2,1-3H3. The number of likely N-dealkylation sites (N-methyl/N-ethyl adjacent to an activating group) is 1. The van der Waals surface area contributed by atoms with Crippen molar-refractivity contribution in [2.75, 3.05) is 40.0 Å². The highest BCUT2D eigenvalue weighted by Crippen LogP contribution is 2.16. The van der Waals surface area contributed by atoms with Crippen LogP contribution >= 0.6 is 23.1 Å². The van der Waals surface area contributed by atoms with Gasteiger partial charge in [0.2, 0.25) is 6.54 Å². The van der Waals surface area contributed by atoms with Gasteiger partial charge < -0.3 is 10.6 Å². The van der Waals surface area contributed by atoms with E-state index in [2.05, 4.69) is 15.3 Å². The van der Waals surface area contributed by atoms with Gasteiger partial charge in [0, 0.05) is 34.9 Å². The van der Waals surface area contributed by atoms with Crippen molar-refractivity contribution >= 4 is 23.1 Å². The summed E-state index contributed by atoms with van der Waals surface area (Å²) in [6.45, 7) is 1.38. The number of rotatable bonds is 10. The third kappa shape index (κ3) is 7.72. The minimum Gasteiger partial charge on any atom is -0.310 e. The van der Waals surface area contributed by atoms with Crippen LogP contribution in [0.5, 0.6) is 0 Å². The third-order valence-corrected chi connectivity index (χ3v) is 4.64. The van der Waals surface area contributed by atoms with Crippen LogP contribution in [-0.2, 0) is 12.3 Å². The molecule has 21 heavy (non-hydrogen) atoms. The van der Waals surface area contributed by atoms with Crippen molar-refractivity contribution in [1.82, 2.24) is 14.8 Å². The zero-order valence-electron chi connectivity index (χ0n) is 12.7. The van der Waals surface area contributed by atoms with E-state index in [-0.39, 0.29) is 11.5 Å². The van der Waals surface area contributed by atoms with Crippen molar-refractivity contribution < 1.29 is 4.92 Å². The monoisotopic (exact) mass is 333 g/mol. The van der Waals surface area contributed by atoms with Crippen LogP contribution in [0.4, 0.5) is 0 Å². The summed E-state index contributed by atoms with van der Waals surface area (Å²) in [4.78, 5) is 18.5. The van der Waals surface area contributed by atoms with Crippen molar-refractivity contribution in [3.63, 3.8) is 0 Å². The van der Waals surface area contributed by atoms with Gasteiger partial charge in [-0.25, -0.2) is 4.98 Å². The summed E-state index contributed by atoms with van der Waals surface area (Å²) in [6.07, 6.45) is -0.522. The molecule has 9 heteroatoms. The van der Waals surface area contributed by atoms with Crippen molar-refractivity contribution in [1.29, 1.82) is 0 Å². The first-order valence-corrected chi connectivity index (χ1v) is 8.65. The first kappa shape index (κ1) is 18.3. The van der Waals surface area contributed by atoms with Crippen LogP contribution in [0, 0.1) is 10.1 Å². The number of nitrogens with zero attached hydrogens (tertiary/aromatic N) is 4. The van der Waals surface area contributed by atoms with Gasteiger partial charge in [-0.3, -0.25) is 15.0 Å². The highest BCUT2D eigenvalue weighted by atomic mass is 32.2. The van der Waals surface area contributed by atoms with Crippen LogP contribution in [0.15, 0.2) is 5.38 Å². The summed E-state index contributed by atoms with van der Waals surface area (Å²) in [5.41, 5.74) is 6.82. The largest absolute Gasteiger partial charge is 0.310 e. The Labute approximate surface area is 133 Å². The fourth-order valence-electron chi connectivity index (χ4n) is 1.60. The second-order valence-electron chi connectivity index (χ2n) is 5.09. The SMILES string of the molecule is CN(C)Cc1nc(CSCCN(C)C(N)C[N+](=O)[O-])cs1. The fraction of sp³-hybridized carbons (Fsp3) is 0.750. The van der Waals surface area contributed by atoms with Crippen LogP contribution < -0.4 is 5.73 Å².